The third-order valence-corrected chi connectivity index (χ3v) is 4.33. The molecule has 0 amide bonds. The van der Waals surface area contributed by atoms with Gasteiger partial charge in [0.15, 0.2) is 0 Å². The van der Waals surface area contributed by atoms with Crippen LogP contribution in [-0.2, 0) is 0 Å². The fourth-order valence-electron chi connectivity index (χ4n) is 2.43. The van der Waals surface area contributed by atoms with Crippen molar-refractivity contribution in [1.82, 2.24) is 0 Å². The minimum atomic E-state index is 0.807. The second-order valence-electron chi connectivity index (χ2n) is 4.40. The van der Waals surface area contributed by atoms with Crippen molar-refractivity contribution in [3.8, 4) is 0 Å². The highest BCUT2D eigenvalue weighted by Crippen LogP contribution is 2.24. The zero-order valence-electron chi connectivity index (χ0n) is 9.63. The molecular formula is C15H11N2S+. The first-order valence-corrected chi connectivity index (χ1v) is 6.66. The monoisotopic (exact) mass is 251 g/mol. The fourth-order valence-corrected chi connectivity index (χ4v) is 3.49. The molecule has 2 nitrogen and oxygen atoms in total. The number of thiazole rings is 1. The molecule has 0 aliphatic heterocycles. The molecule has 0 atom stereocenters. The van der Waals surface area contributed by atoms with Gasteiger partial charge in [0.2, 0.25) is 11.0 Å². The maximum absolute atomic E-state index is 5.85. The molecule has 0 unspecified atom stereocenters. The normalized spacial score (nSPS) is 11.6. The number of benzene rings is 2. The van der Waals surface area contributed by atoms with Crippen LogP contribution in [0, 0.1) is 0 Å². The molecule has 2 aromatic heterocycles. The zero-order valence-corrected chi connectivity index (χ0v) is 10.4. The molecular weight excluding hydrogens is 240 g/mol. The van der Waals surface area contributed by atoms with Gasteiger partial charge in [-0.3, -0.25) is 0 Å². The van der Waals surface area contributed by atoms with E-state index in [0.717, 1.165) is 5.69 Å². The second kappa shape index (κ2) is 3.43. The lowest BCUT2D eigenvalue weighted by molar-refractivity contribution is -0.446. The van der Waals surface area contributed by atoms with Gasteiger partial charge in [-0.15, -0.1) is 4.40 Å². The first-order valence-electron chi connectivity index (χ1n) is 5.84. The van der Waals surface area contributed by atoms with E-state index in [1.807, 2.05) is 23.5 Å². The van der Waals surface area contributed by atoms with Crippen molar-refractivity contribution in [2.45, 2.75) is 0 Å². The lowest BCUT2D eigenvalue weighted by atomic mass is 10.2. The average Bonchev–Trinajstić information content (AvgIpc) is 2.77. The lowest BCUT2D eigenvalue weighted by Crippen LogP contribution is -2.20. The summed E-state index contributed by atoms with van der Waals surface area (Å²) in [6.45, 7) is 0. The number of nitrogen functional groups attached to an aromatic ring is 1. The van der Waals surface area contributed by atoms with Crippen LogP contribution in [0.1, 0.15) is 0 Å². The van der Waals surface area contributed by atoms with Gasteiger partial charge in [-0.2, -0.15) is 0 Å². The Hall–Kier alpha value is -2.13. The summed E-state index contributed by atoms with van der Waals surface area (Å²) < 4.78 is 3.61. The molecule has 18 heavy (non-hydrogen) atoms. The summed E-state index contributed by atoms with van der Waals surface area (Å²) in [6, 6.07) is 18.9. The third kappa shape index (κ3) is 1.25. The van der Waals surface area contributed by atoms with Crippen LogP contribution in [0.25, 0.3) is 25.9 Å². The van der Waals surface area contributed by atoms with Crippen molar-refractivity contribution in [3.05, 3.63) is 54.6 Å². The Morgan fingerprint density at radius 3 is 2.72 bits per heavy atom. The van der Waals surface area contributed by atoms with Crippen molar-refractivity contribution in [2.75, 3.05) is 5.73 Å². The minimum absolute atomic E-state index is 0.807. The van der Waals surface area contributed by atoms with E-state index in [2.05, 4.69) is 46.9 Å². The van der Waals surface area contributed by atoms with E-state index in [0.29, 0.717) is 0 Å². The number of fused-ring (bicyclic) bond motifs is 5. The van der Waals surface area contributed by atoms with Gasteiger partial charge in [-0.25, -0.2) is 0 Å². The smallest absolute Gasteiger partial charge is 0.268 e. The molecule has 0 aliphatic carbocycles. The SMILES string of the molecule is Nc1ccc2c(ccc3sc4ccccc4[n+]32)c1. The van der Waals surface area contributed by atoms with Crippen LogP contribution in [0.4, 0.5) is 5.69 Å². The number of aromatic nitrogens is 1. The predicted molar refractivity (Wildman–Crippen MR) is 76.9 cm³/mol. The number of hydrogen-bond donors (Lipinski definition) is 1. The summed E-state index contributed by atoms with van der Waals surface area (Å²) in [7, 11) is 0. The molecule has 0 saturated carbocycles. The van der Waals surface area contributed by atoms with Crippen LogP contribution in [0.5, 0.6) is 0 Å². The molecule has 3 heteroatoms. The maximum atomic E-state index is 5.85. The standard InChI is InChI=1S/C15H11N2S/c16-11-6-7-12-10(9-11)5-8-15-17(12)13-3-1-2-4-14(13)18-15/h1-9H,16H2/q+1. The molecule has 4 rings (SSSR count). The summed E-state index contributed by atoms with van der Waals surface area (Å²) >= 11 is 1.81. The van der Waals surface area contributed by atoms with Gasteiger partial charge >= 0.3 is 0 Å². The number of hydrogen-bond acceptors (Lipinski definition) is 2. The molecule has 2 heterocycles. The van der Waals surface area contributed by atoms with Crippen LogP contribution >= 0.6 is 11.3 Å². The van der Waals surface area contributed by atoms with Gasteiger partial charge in [0.25, 0.3) is 4.83 Å². The van der Waals surface area contributed by atoms with E-state index in [1.165, 1.54) is 25.9 Å². The van der Waals surface area contributed by atoms with Crippen molar-refractivity contribution < 1.29 is 4.40 Å². The third-order valence-electron chi connectivity index (χ3n) is 3.24. The zero-order chi connectivity index (χ0) is 12.1. The number of nitrogens with zero attached hydrogens (tertiary/aromatic N) is 1. The molecule has 0 fully saturated rings. The van der Waals surface area contributed by atoms with Gasteiger partial charge in [-0.1, -0.05) is 23.5 Å². The number of rotatable bonds is 0. The van der Waals surface area contributed by atoms with Crippen molar-refractivity contribution in [3.63, 3.8) is 0 Å². The number of para-hydroxylation sites is 1. The Kier molecular flexibility index (Phi) is 1.88. The Balaban J connectivity index is 2.32. The number of anilines is 1. The number of pyridine rings is 1. The quantitative estimate of drug-likeness (QED) is 0.377. The Labute approximate surface area is 108 Å². The Morgan fingerprint density at radius 2 is 1.78 bits per heavy atom. The molecule has 0 spiro atoms. The molecule has 0 bridgehead atoms. The van der Waals surface area contributed by atoms with E-state index in [-0.39, 0.29) is 0 Å². The average molecular weight is 251 g/mol. The highest BCUT2D eigenvalue weighted by Gasteiger charge is 2.16. The number of nitrogens with two attached hydrogens (primary N) is 1. The molecule has 2 N–H and O–H groups in total. The Morgan fingerprint density at radius 1 is 0.889 bits per heavy atom. The first kappa shape index (κ1) is 9.85. The molecule has 0 radical (unpaired) electrons. The van der Waals surface area contributed by atoms with E-state index >= 15 is 0 Å². The van der Waals surface area contributed by atoms with E-state index in [9.17, 15) is 0 Å². The van der Waals surface area contributed by atoms with E-state index in [1.54, 1.807) is 0 Å². The summed E-state index contributed by atoms with van der Waals surface area (Å²) in [5, 5.41) is 1.18. The summed E-state index contributed by atoms with van der Waals surface area (Å²) in [4.78, 5) is 1.26. The molecule has 0 saturated heterocycles. The maximum Gasteiger partial charge on any atom is 0.268 e. The van der Waals surface area contributed by atoms with Crippen LogP contribution in [-0.4, -0.2) is 0 Å². The van der Waals surface area contributed by atoms with Crippen molar-refractivity contribution >= 4 is 43.0 Å². The van der Waals surface area contributed by atoms with Gasteiger partial charge in [-0.05, 0) is 24.3 Å². The minimum Gasteiger partial charge on any atom is -0.399 e. The van der Waals surface area contributed by atoms with Crippen molar-refractivity contribution in [1.29, 1.82) is 0 Å². The summed E-state index contributed by atoms with van der Waals surface area (Å²) in [5.74, 6) is 0. The van der Waals surface area contributed by atoms with Crippen LogP contribution in [0.15, 0.2) is 54.6 Å². The van der Waals surface area contributed by atoms with Crippen LogP contribution in [0.2, 0.25) is 0 Å². The first-order chi connectivity index (χ1) is 8.83. The van der Waals surface area contributed by atoms with Crippen molar-refractivity contribution in [2.24, 2.45) is 0 Å². The highest BCUT2D eigenvalue weighted by atomic mass is 32.1. The van der Waals surface area contributed by atoms with Crippen LogP contribution in [0.3, 0.4) is 0 Å². The summed E-state index contributed by atoms with van der Waals surface area (Å²) in [6.07, 6.45) is 0. The van der Waals surface area contributed by atoms with Gasteiger partial charge in [0.1, 0.15) is 4.70 Å². The second-order valence-corrected chi connectivity index (χ2v) is 5.46. The molecule has 0 aliphatic rings. The molecule has 4 aromatic rings. The van der Waals surface area contributed by atoms with E-state index in [4.69, 9.17) is 5.73 Å². The van der Waals surface area contributed by atoms with Gasteiger partial charge in [0.05, 0.1) is 0 Å². The molecule has 86 valence electrons. The van der Waals surface area contributed by atoms with E-state index < -0.39 is 0 Å². The van der Waals surface area contributed by atoms with Gasteiger partial charge in [0, 0.05) is 29.3 Å². The topological polar surface area (TPSA) is 30.1 Å². The molecule has 2 aromatic carbocycles. The largest absolute Gasteiger partial charge is 0.399 e. The predicted octanol–water partition coefficient (Wildman–Crippen LogP) is 3.38. The fraction of sp³-hybridized carbons (Fsp3) is 0. The van der Waals surface area contributed by atoms with Crippen LogP contribution < -0.4 is 10.1 Å². The summed E-state index contributed by atoms with van der Waals surface area (Å²) in [5.41, 5.74) is 9.12. The van der Waals surface area contributed by atoms with Gasteiger partial charge < -0.3 is 5.73 Å². The Bertz CT molecular complexity index is 893. The highest BCUT2D eigenvalue weighted by molar-refractivity contribution is 7.23. The lowest BCUT2D eigenvalue weighted by Gasteiger charge is -1.96.